The van der Waals surface area contributed by atoms with Gasteiger partial charge in [0.25, 0.3) is 5.91 Å². The fourth-order valence-electron chi connectivity index (χ4n) is 3.50. The Kier molecular flexibility index (Phi) is 4.56. The summed E-state index contributed by atoms with van der Waals surface area (Å²) in [6.07, 6.45) is 0. The Labute approximate surface area is 168 Å². The zero-order chi connectivity index (χ0) is 20.2. The molecule has 3 heterocycles. The zero-order valence-electron chi connectivity index (χ0n) is 14.7. The van der Waals surface area contributed by atoms with Crippen molar-refractivity contribution in [2.45, 2.75) is 24.4 Å². The average molecular weight is 419 g/mol. The van der Waals surface area contributed by atoms with E-state index in [4.69, 9.17) is 5.73 Å². The second kappa shape index (κ2) is 6.80. The SMILES string of the molecule is CC1=C(C(=O)O)N2C(=O)[C@@H](NC(=O)C(N)c3ccc(O)c4sccc34)[C@@H]2SC1. The molecule has 1 saturated heterocycles. The fraction of sp³-hybridized carbons (Fsp3) is 0.278. The van der Waals surface area contributed by atoms with Gasteiger partial charge in [0.05, 0.1) is 4.70 Å². The molecule has 0 saturated carbocycles. The Morgan fingerprint density at radius 3 is 2.82 bits per heavy atom. The summed E-state index contributed by atoms with van der Waals surface area (Å²) in [4.78, 5) is 37.9. The molecule has 1 aromatic heterocycles. The number of aliphatic carboxylic acids is 1. The number of hydrogen-bond donors (Lipinski definition) is 4. The number of carboxylic acid groups (broad SMARTS) is 1. The molecule has 0 bridgehead atoms. The average Bonchev–Trinajstić information content (AvgIpc) is 3.16. The molecule has 1 fully saturated rings. The molecule has 8 nitrogen and oxygen atoms in total. The van der Waals surface area contributed by atoms with Crippen LogP contribution in [-0.4, -0.2) is 50.1 Å². The van der Waals surface area contributed by atoms with Crippen LogP contribution in [0.15, 0.2) is 34.8 Å². The number of nitrogens with zero attached hydrogens (tertiary/aromatic N) is 1. The maximum Gasteiger partial charge on any atom is 0.352 e. The van der Waals surface area contributed by atoms with Gasteiger partial charge >= 0.3 is 5.97 Å². The molecule has 2 amide bonds. The molecule has 1 aromatic carbocycles. The topological polar surface area (TPSA) is 133 Å². The monoisotopic (exact) mass is 419 g/mol. The van der Waals surface area contributed by atoms with Crippen molar-refractivity contribution in [3.8, 4) is 5.75 Å². The molecule has 2 aromatic rings. The van der Waals surface area contributed by atoms with Gasteiger partial charge in [0.15, 0.2) is 0 Å². The number of thioether (sulfide) groups is 1. The molecule has 2 aliphatic heterocycles. The molecule has 0 spiro atoms. The van der Waals surface area contributed by atoms with Gasteiger partial charge in [-0.1, -0.05) is 6.07 Å². The highest BCUT2D eigenvalue weighted by atomic mass is 32.2. The minimum atomic E-state index is -1.15. The number of β-lactam (4-membered cyclic amide) rings is 1. The molecule has 3 atom stereocenters. The largest absolute Gasteiger partial charge is 0.506 e. The number of rotatable bonds is 4. The van der Waals surface area contributed by atoms with Gasteiger partial charge in [-0.3, -0.25) is 14.5 Å². The van der Waals surface area contributed by atoms with Crippen molar-refractivity contribution < 1.29 is 24.6 Å². The number of thiophene rings is 1. The van der Waals surface area contributed by atoms with Crippen molar-refractivity contribution >= 4 is 51.0 Å². The summed E-state index contributed by atoms with van der Waals surface area (Å²) in [6, 6.07) is 3.02. The third-order valence-corrected chi connectivity index (χ3v) is 7.27. The number of phenolic OH excluding ortho intramolecular Hbond substituents is 1. The molecular weight excluding hydrogens is 402 g/mol. The number of carboxylic acids is 1. The number of nitrogens with two attached hydrogens (primary N) is 1. The molecule has 4 rings (SSSR count). The Bertz CT molecular complexity index is 1050. The number of benzene rings is 1. The van der Waals surface area contributed by atoms with Crippen LogP contribution in [0.1, 0.15) is 18.5 Å². The van der Waals surface area contributed by atoms with E-state index in [-0.39, 0.29) is 11.4 Å². The first-order chi connectivity index (χ1) is 13.3. The first-order valence-corrected chi connectivity index (χ1v) is 10.4. The Morgan fingerprint density at radius 1 is 1.36 bits per heavy atom. The Balaban J connectivity index is 1.53. The van der Waals surface area contributed by atoms with Gasteiger partial charge in [0, 0.05) is 11.1 Å². The lowest BCUT2D eigenvalue weighted by Crippen LogP contribution is -2.71. The van der Waals surface area contributed by atoms with Crippen LogP contribution in [0.2, 0.25) is 0 Å². The fourth-order valence-corrected chi connectivity index (χ4v) is 5.63. The van der Waals surface area contributed by atoms with Crippen LogP contribution in [0.4, 0.5) is 0 Å². The normalized spacial score (nSPS) is 22.6. The van der Waals surface area contributed by atoms with Gasteiger partial charge in [0.2, 0.25) is 5.91 Å². The highest BCUT2D eigenvalue weighted by molar-refractivity contribution is 8.00. The van der Waals surface area contributed by atoms with E-state index in [1.165, 1.54) is 34.1 Å². The van der Waals surface area contributed by atoms with Crippen molar-refractivity contribution in [1.82, 2.24) is 10.2 Å². The number of carbonyl (C=O) groups is 3. The smallest absolute Gasteiger partial charge is 0.352 e. The minimum absolute atomic E-state index is 0.0120. The zero-order valence-corrected chi connectivity index (χ0v) is 16.3. The number of hydrogen-bond acceptors (Lipinski definition) is 7. The molecule has 28 heavy (non-hydrogen) atoms. The van der Waals surface area contributed by atoms with Crippen LogP contribution in [0.25, 0.3) is 10.1 Å². The molecule has 10 heteroatoms. The summed E-state index contributed by atoms with van der Waals surface area (Å²) in [5.41, 5.74) is 7.28. The third-order valence-electron chi connectivity index (χ3n) is 4.91. The van der Waals surface area contributed by atoms with E-state index in [1.807, 2.05) is 0 Å². The van der Waals surface area contributed by atoms with Crippen LogP contribution in [0, 0.1) is 0 Å². The summed E-state index contributed by atoms with van der Waals surface area (Å²) in [7, 11) is 0. The molecule has 146 valence electrons. The second-order valence-corrected chi connectivity index (χ2v) is 8.67. The van der Waals surface area contributed by atoms with Gasteiger partial charge in [-0.15, -0.1) is 23.1 Å². The standard InChI is InChI=1S/C18H17N3O5S2/c1-7-6-28-17-12(16(24)21(17)13(7)18(25)26)20-15(23)11(19)8-2-3-10(22)14-9(8)4-5-27-14/h2-5,11-12,17,22H,6,19H2,1H3,(H,20,23)(H,25,26)/t11?,12-,17+/m1/s1. The van der Waals surface area contributed by atoms with E-state index in [9.17, 15) is 24.6 Å². The van der Waals surface area contributed by atoms with E-state index in [0.29, 0.717) is 27.0 Å². The number of amides is 2. The minimum Gasteiger partial charge on any atom is -0.506 e. The maximum atomic E-state index is 12.7. The van der Waals surface area contributed by atoms with E-state index < -0.39 is 35.2 Å². The maximum absolute atomic E-state index is 12.7. The first kappa shape index (κ1) is 18.8. The lowest BCUT2D eigenvalue weighted by molar-refractivity contribution is -0.150. The molecule has 5 N–H and O–H groups in total. The highest BCUT2D eigenvalue weighted by Crippen LogP contribution is 2.40. The van der Waals surface area contributed by atoms with Crippen molar-refractivity contribution in [3.63, 3.8) is 0 Å². The lowest BCUT2D eigenvalue weighted by Gasteiger charge is -2.49. The summed E-state index contributed by atoms with van der Waals surface area (Å²) < 4.78 is 0.640. The lowest BCUT2D eigenvalue weighted by atomic mass is 10.00. The van der Waals surface area contributed by atoms with Gasteiger partial charge in [-0.25, -0.2) is 4.79 Å². The van der Waals surface area contributed by atoms with E-state index in [1.54, 1.807) is 24.4 Å². The summed E-state index contributed by atoms with van der Waals surface area (Å²) in [5.74, 6) is -1.54. The van der Waals surface area contributed by atoms with E-state index >= 15 is 0 Å². The predicted octanol–water partition coefficient (Wildman–Crippen LogP) is 1.37. The Hall–Kier alpha value is -2.56. The molecular formula is C18H17N3O5S2. The van der Waals surface area contributed by atoms with Crippen LogP contribution in [0.3, 0.4) is 0 Å². The van der Waals surface area contributed by atoms with Gasteiger partial charge in [-0.05, 0) is 35.6 Å². The molecule has 0 aliphatic carbocycles. The van der Waals surface area contributed by atoms with Crippen molar-refractivity contribution in [3.05, 3.63) is 40.4 Å². The number of aromatic hydroxyl groups is 1. The van der Waals surface area contributed by atoms with E-state index in [2.05, 4.69) is 5.32 Å². The van der Waals surface area contributed by atoms with Gasteiger partial charge in [0.1, 0.15) is 28.9 Å². The Morgan fingerprint density at radius 2 is 2.11 bits per heavy atom. The number of fused-ring (bicyclic) bond motifs is 2. The van der Waals surface area contributed by atoms with Crippen molar-refractivity contribution in [1.29, 1.82) is 0 Å². The van der Waals surface area contributed by atoms with E-state index in [0.717, 1.165) is 0 Å². The second-order valence-electron chi connectivity index (χ2n) is 6.65. The summed E-state index contributed by atoms with van der Waals surface area (Å²) in [5, 5.41) is 24.0. The van der Waals surface area contributed by atoms with Gasteiger partial charge in [-0.2, -0.15) is 0 Å². The predicted molar refractivity (Wildman–Crippen MR) is 106 cm³/mol. The summed E-state index contributed by atoms with van der Waals surface area (Å²) in [6.45, 7) is 1.68. The number of phenols is 1. The van der Waals surface area contributed by atoms with Crippen LogP contribution in [0.5, 0.6) is 5.75 Å². The van der Waals surface area contributed by atoms with Gasteiger partial charge < -0.3 is 21.3 Å². The van der Waals surface area contributed by atoms with Crippen LogP contribution in [-0.2, 0) is 14.4 Å². The summed E-state index contributed by atoms with van der Waals surface area (Å²) >= 11 is 2.75. The van der Waals surface area contributed by atoms with Crippen molar-refractivity contribution in [2.75, 3.05) is 5.75 Å². The van der Waals surface area contributed by atoms with Crippen LogP contribution < -0.4 is 11.1 Å². The molecule has 0 radical (unpaired) electrons. The quantitative estimate of drug-likeness (QED) is 0.550. The number of nitrogens with one attached hydrogen (secondary N) is 1. The van der Waals surface area contributed by atoms with Crippen LogP contribution >= 0.6 is 23.1 Å². The first-order valence-electron chi connectivity index (χ1n) is 8.44. The van der Waals surface area contributed by atoms with Crippen molar-refractivity contribution in [2.24, 2.45) is 5.73 Å². The molecule has 2 aliphatic rings. The highest BCUT2D eigenvalue weighted by Gasteiger charge is 2.53. The third kappa shape index (κ3) is 2.76. The number of carbonyl (C=O) groups excluding carboxylic acids is 2. The molecule has 1 unspecified atom stereocenters.